The maximum absolute atomic E-state index is 13.6. The first kappa shape index (κ1) is 17.0. The molecule has 0 radical (unpaired) electrons. The van der Waals surface area contributed by atoms with E-state index >= 15 is 0 Å². The Balaban J connectivity index is 1.66. The van der Waals surface area contributed by atoms with Crippen molar-refractivity contribution >= 4 is 5.82 Å². The Kier molecular flexibility index (Phi) is 3.81. The Morgan fingerprint density at radius 1 is 1.19 bits per heavy atom. The maximum Gasteiger partial charge on any atom is 0.416 e. The predicted octanol–water partition coefficient (Wildman–Crippen LogP) is 1.22. The number of alkyl halides is 3. The van der Waals surface area contributed by atoms with Crippen LogP contribution in [0.1, 0.15) is 11.1 Å². The SMILES string of the molecule is Nc1ccn(-c2ccc(CN3CC4C(N)C4C3)c(C(F)(F)F)c2)c(=O)n1. The molecular formula is C17H18F3N5O. The van der Waals surface area contributed by atoms with Crippen molar-refractivity contribution in [2.45, 2.75) is 18.8 Å². The second-order valence-electron chi connectivity index (χ2n) is 6.94. The normalized spacial score (nSPS) is 25.3. The van der Waals surface area contributed by atoms with Gasteiger partial charge in [-0.05, 0) is 35.6 Å². The Hall–Kier alpha value is -2.39. The number of rotatable bonds is 3. The summed E-state index contributed by atoms with van der Waals surface area (Å²) >= 11 is 0. The van der Waals surface area contributed by atoms with Gasteiger partial charge in [0.1, 0.15) is 5.82 Å². The Bertz CT molecular complexity index is 898. The summed E-state index contributed by atoms with van der Waals surface area (Å²) < 4.78 is 41.7. The van der Waals surface area contributed by atoms with Crippen molar-refractivity contribution in [2.24, 2.45) is 17.6 Å². The van der Waals surface area contributed by atoms with Crippen LogP contribution in [0.25, 0.3) is 5.69 Å². The largest absolute Gasteiger partial charge is 0.416 e. The van der Waals surface area contributed by atoms with Crippen molar-refractivity contribution in [3.05, 3.63) is 52.1 Å². The molecule has 1 aliphatic carbocycles. The maximum atomic E-state index is 13.6. The van der Waals surface area contributed by atoms with Crippen molar-refractivity contribution in [2.75, 3.05) is 18.8 Å². The molecule has 1 saturated heterocycles. The molecule has 0 spiro atoms. The van der Waals surface area contributed by atoms with Crippen molar-refractivity contribution in [3.8, 4) is 5.69 Å². The van der Waals surface area contributed by atoms with Gasteiger partial charge in [-0.15, -0.1) is 0 Å². The van der Waals surface area contributed by atoms with Crippen LogP contribution in [0.3, 0.4) is 0 Å². The molecule has 4 rings (SSSR count). The summed E-state index contributed by atoms with van der Waals surface area (Å²) in [6, 6.07) is 5.46. The number of nitrogen functional groups attached to an aromatic ring is 1. The number of aromatic nitrogens is 2. The number of likely N-dealkylation sites (tertiary alicyclic amines) is 1. The molecule has 0 amide bonds. The van der Waals surface area contributed by atoms with Crippen molar-refractivity contribution in [1.82, 2.24) is 14.5 Å². The summed E-state index contributed by atoms with van der Waals surface area (Å²) in [5.41, 5.74) is 10.1. The van der Waals surface area contributed by atoms with Gasteiger partial charge in [0.15, 0.2) is 0 Å². The standard InChI is InChI=1S/C17H18F3N5O/c18-17(19,20)13-5-10(25-4-3-14(21)23-16(25)26)2-1-9(13)6-24-7-11-12(8-24)15(11)22/h1-5,11-12,15H,6-8,22H2,(H2,21,23,26). The molecule has 1 aliphatic heterocycles. The fourth-order valence-corrected chi connectivity index (χ4v) is 3.76. The highest BCUT2D eigenvalue weighted by Gasteiger charge is 2.53. The second-order valence-corrected chi connectivity index (χ2v) is 6.94. The van der Waals surface area contributed by atoms with E-state index in [-0.39, 0.29) is 29.7 Å². The van der Waals surface area contributed by atoms with E-state index in [0.717, 1.165) is 23.7 Å². The first-order chi connectivity index (χ1) is 12.2. The number of piperidine rings is 1. The summed E-state index contributed by atoms with van der Waals surface area (Å²) in [5.74, 6) is 0.829. The minimum absolute atomic E-state index is 0.0183. The zero-order valence-corrected chi connectivity index (χ0v) is 13.8. The first-order valence-electron chi connectivity index (χ1n) is 8.27. The molecule has 2 atom stereocenters. The molecule has 4 N–H and O–H groups in total. The van der Waals surface area contributed by atoms with Crippen LogP contribution in [0, 0.1) is 11.8 Å². The fourth-order valence-electron chi connectivity index (χ4n) is 3.76. The van der Waals surface area contributed by atoms with Crippen LogP contribution < -0.4 is 17.2 Å². The minimum Gasteiger partial charge on any atom is -0.383 e. The van der Waals surface area contributed by atoms with Crippen LogP contribution in [0.15, 0.2) is 35.3 Å². The third kappa shape index (κ3) is 2.97. The van der Waals surface area contributed by atoms with E-state index in [4.69, 9.17) is 11.5 Å². The van der Waals surface area contributed by atoms with Crippen molar-refractivity contribution < 1.29 is 13.2 Å². The topological polar surface area (TPSA) is 90.2 Å². The summed E-state index contributed by atoms with van der Waals surface area (Å²) in [6.07, 6.45) is -3.20. The molecule has 138 valence electrons. The van der Waals surface area contributed by atoms with E-state index in [9.17, 15) is 18.0 Å². The van der Waals surface area contributed by atoms with E-state index in [1.54, 1.807) is 0 Å². The highest BCUT2D eigenvalue weighted by Crippen LogP contribution is 2.44. The monoisotopic (exact) mass is 365 g/mol. The number of anilines is 1. The number of benzene rings is 1. The Morgan fingerprint density at radius 2 is 1.88 bits per heavy atom. The molecule has 1 saturated carbocycles. The molecule has 9 heteroatoms. The summed E-state index contributed by atoms with van der Waals surface area (Å²) in [6.45, 7) is 1.67. The summed E-state index contributed by atoms with van der Waals surface area (Å²) in [7, 11) is 0. The zero-order chi connectivity index (χ0) is 18.6. The van der Waals surface area contributed by atoms with Gasteiger partial charge in [-0.1, -0.05) is 6.07 Å². The summed E-state index contributed by atoms with van der Waals surface area (Å²) in [4.78, 5) is 17.5. The number of nitrogens with zero attached hydrogens (tertiary/aromatic N) is 3. The van der Waals surface area contributed by atoms with Gasteiger partial charge in [0.25, 0.3) is 0 Å². The first-order valence-corrected chi connectivity index (χ1v) is 8.27. The molecule has 2 heterocycles. The molecule has 0 bridgehead atoms. The highest BCUT2D eigenvalue weighted by atomic mass is 19.4. The van der Waals surface area contributed by atoms with E-state index in [0.29, 0.717) is 11.8 Å². The van der Waals surface area contributed by atoms with E-state index < -0.39 is 17.4 Å². The lowest BCUT2D eigenvalue weighted by Crippen LogP contribution is -2.29. The second kappa shape index (κ2) is 5.82. The predicted molar refractivity (Wildman–Crippen MR) is 89.5 cm³/mol. The average molecular weight is 365 g/mol. The third-order valence-corrected chi connectivity index (χ3v) is 5.23. The molecule has 2 unspecified atom stereocenters. The zero-order valence-electron chi connectivity index (χ0n) is 13.8. The molecular weight excluding hydrogens is 347 g/mol. The van der Waals surface area contributed by atoms with Gasteiger partial charge >= 0.3 is 11.9 Å². The lowest BCUT2D eigenvalue weighted by molar-refractivity contribution is -0.138. The van der Waals surface area contributed by atoms with E-state index in [1.165, 1.54) is 24.4 Å². The van der Waals surface area contributed by atoms with E-state index in [2.05, 4.69) is 4.98 Å². The highest BCUT2D eigenvalue weighted by molar-refractivity contribution is 5.43. The Labute approximate surface area is 147 Å². The molecule has 1 aromatic carbocycles. The molecule has 2 aliphatic rings. The van der Waals surface area contributed by atoms with Gasteiger partial charge in [-0.2, -0.15) is 18.2 Å². The smallest absolute Gasteiger partial charge is 0.383 e. The number of fused-ring (bicyclic) bond motifs is 1. The number of nitrogens with two attached hydrogens (primary N) is 2. The van der Waals surface area contributed by atoms with Gasteiger partial charge in [0.05, 0.1) is 11.3 Å². The van der Waals surface area contributed by atoms with Gasteiger partial charge in [-0.3, -0.25) is 9.47 Å². The van der Waals surface area contributed by atoms with Crippen molar-refractivity contribution in [1.29, 1.82) is 0 Å². The van der Waals surface area contributed by atoms with E-state index in [1.807, 2.05) is 4.90 Å². The van der Waals surface area contributed by atoms with Gasteiger partial charge in [0.2, 0.25) is 0 Å². The van der Waals surface area contributed by atoms with Crippen LogP contribution in [0.2, 0.25) is 0 Å². The van der Waals surface area contributed by atoms with Crippen LogP contribution >= 0.6 is 0 Å². The van der Waals surface area contributed by atoms with Crippen LogP contribution in [-0.2, 0) is 12.7 Å². The molecule has 26 heavy (non-hydrogen) atoms. The van der Waals surface area contributed by atoms with Gasteiger partial charge in [0, 0.05) is 31.9 Å². The third-order valence-electron chi connectivity index (χ3n) is 5.23. The van der Waals surface area contributed by atoms with Crippen LogP contribution in [-0.4, -0.2) is 33.6 Å². The lowest BCUT2D eigenvalue weighted by atomic mass is 10.0. The van der Waals surface area contributed by atoms with Gasteiger partial charge < -0.3 is 11.5 Å². The lowest BCUT2D eigenvalue weighted by Gasteiger charge is -2.22. The summed E-state index contributed by atoms with van der Waals surface area (Å²) in [5, 5.41) is 0. The minimum atomic E-state index is -4.52. The Morgan fingerprint density at radius 3 is 2.50 bits per heavy atom. The fraction of sp³-hybridized carbons (Fsp3) is 0.412. The average Bonchev–Trinajstić information content (AvgIpc) is 2.97. The molecule has 6 nitrogen and oxygen atoms in total. The van der Waals surface area contributed by atoms with Crippen LogP contribution in [0.4, 0.5) is 19.0 Å². The number of hydrogen-bond donors (Lipinski definition) is 2. The van der Waals surface area contributed by atoms with Gasteiger partial charge in [-0.25, -0.2) is 4.79 Å². The molecule has 2 fully saturated rings. The number of halogens is 3. The quantitative estimate of drug-likeness (QED) is 0.854. The van der Waals surface area contributed by atoms with Crippen molar-refractivity contribution in [3.63, 3.8) is 0 Å². The molecule has 1 aromatic heterocycles. The number of hydrogen-bond acceptors (Lipinski definition) is 5. The molecule has 2 aromatic rings. The van der Waals surface area contributed by atoms with Crippen LogP contribution in [0.5, 0.6) is 0 Å².